The van der Waals surface area contributed by atoms with Crippen LogP contribution in [0.25, 0.3) is 0 Å². The summed E-state index contributed by atoms with van der Waals surface area (Å²) >= 11 is 12.0. The van der Waals surface area contributed by atoms with Crippen molar-refractivity contribution in [3.8, 4) is 0 Å². The first-order chi connectivity index (χ1) is 6.52. The predicted molar refractivity (Wildman–Crippen MR) is 84.5 cm³/mol. The minimum absolute atomic E-state index is 0.480. The fourth-order valence-corrected chi connectivity index (χ4v) is 4.82. The molecule has 1 saturated carbocycles. The van der Waals surface area contributed by atoms with Gasteiger partial charge in [-0.2, -0.15) is 25.3 Å². The van der Waals surface area contributed by atoms with Gasteiger partial charge in [-0.05, 0) is 24.4 Å². The quantitative estimate of drug-likeness (QED) is 0.278. The van der Waals surface area contributed by atoms with Crippen LogP contribution >= 0.6 is 57.1 Å². The lowest BCUT2D eigenvalue weighted by atomic mass is 9.99. The monoisotopic (exact) mass is 362 g/mol. The van der Waals surface area contributed by atoms with E-state index in [9.17, 15) is 0 Å². The highest BCUT2D eigenvalue weighted by atomic mass is 127. The molecule has 0 heterocycles. The topological polar surface area (TPSA) is 0 Å². The van der Waals surface area contributed by atoms with Crippen LogP contribution in [-0.4, -0.2) is 20.1 Å². The zero-order valence-electron chi connectivity index (χ0n) is 8.56. The Bertz CT molecular complexity index is 180. The van der Waals surface area contributed by atoms with Crippen molar-refractivity contribution < 1.29 is 0 Å². The van der Waals surface area contributed by atoms with E-state index in [-0.39, 0.29) is 0 Å². The molecule has 0 spiro atoms. The van der Waals surface area contributed by atoms with Gasteiger partial charge in [-0.25, -0.2) is 0 Å². The minimum atomic E-state index is 0.480. The summed E-state index contributed by atoms with van der Waals surface area (Å²) in [6.45, 7) is 2.35. The van der Waals surface area contributed by atoms with E-state index >= 15 is 0 Å². The van der Waals surface area contributed by atoms with Gasteiger partial charge in [0.15, 0.2) is 0 Å². The van der Waals surface area contributed by atoms with Gasteiger partial charge in [-0.1, -0.05) is 42.4 Å². The molecular formula is C10H20IPS2. The van der Waals surface area contributed by atoms with Crippen molar-refractivity contribution in [1.82, 2.24) is 0 Å². The molecule has 0 nitrogen and oxygen atoms in total. The molecule has 14 heavy (non-hydrogen) atoms. The van der Waals surface area contributed by atoms with Crippen LogP contribution in [0.2, 0.25) is 0 Å². The lowest BCUT2D eigenvalue weighted by molar-refractivity contribution is 0.474. The molecule has 84 valence electrons. The van der Waals surface area contributed by atoms with E-state index in [4.69, 9.17) is 25.3 Å². The summed E-state index contributed by atoms with van der Waals surface area (Å²) in [4.78, 5) is 0. The second kappa shape index (κ2) is 6.56. The van der Waals surface area contributed by atoms with Gasteiger partial charge in [-0.3, -0.25) is 0 Å². The Labute approximate surface area is 115 Å². The normalized spacial score (nSPS) is 46.5. The maximum Gasteiger partial charge on any atom is 0.0232 e. The number of rotatable bonds is 0. The Balaban J connectivity index is 2.64. The maximum atomic E-state index is 4.73. The van der Waals surface area contributed by atoms with Crippen molar-refractivity contribution in [2.45, 2.75) is 52.7 Å². The lowest BCUT2D eigenvalue weighted by Gasteiger charge is -2.27. The van der Waals surface area contributed by atoms with Crippen LogP contribution in [-0.2, 0) is 0 Å². The molecule has 4 heteroatoms. The molecule has 0 bridgehead atoms. The third kappa shape index (κ3) is 4.03. The Morgan fingerprint density at radius 3 is 2.57 bits per heavy atom. The van der Waals surface area contributed by atoms with Crippen molar-refractivity contribution in [1.29, 1.82) is 0 Å². The molecule has 1 fully saturated rings. The van der Waals surface area contributed by atoms with E-state index in [1.165, 1.54) is 25.7 Å². The molecular weight excluding hydrogens is 342 g/mol. The largest absolute Gasteiger partial charge is 0.175 e. The van der Waals surface area contributed by atoms with E-state index in [1.54, 1.807) is 0 Å². The molecule has 0 saturated heterocycles. The summed E-state index contributed by atoms with van der Waals surface area (Å²) in [5, 5.41) is 0.973. The van der Waals surface area contributed by atoms with E-state index in [1.807, 2.05) is 0 Å². The van der Waals surface area contributed by atoms with Gasteiger partial charge in [0.05, 0.1) is 0 Å². The molecule has 4 unspecified atom stereocenters. The van der Waals surface area contributed by atoms with Gasteiger partial charge >= 0.3 is 0 Å². The summed E-state index contributed by atoms with van der Waals surface area (Å²) in [5.74, 6) is 0.822. The summed E-state index contributed by atoms with van der Waals surface area (Å²) in [6.07, 6.45) is 5.25. The van der Waals surface area contributed by atoms with Crippen molar-refractivity contribution in [3.05, 3.63) is 0 Å². The Morgan fingerprint density at radius 2 is 1.93 bits per heavy atom. The van der Waals surface area contributed by atoms with Crippen molar-refractivity contribution >= 4 is 57.1 Å². The molecule has 6 atom stereocenters. The van der Waals surface area contributed by atoms with E-state index in [0.29, 0.717) is 20.1 Å². The smallest absolute Gasteiger partial charge is 0.0232 e. The Hall–Kier alpha value is 1.86. The molecule has 0 aliphatic heterocycles. The first-order valence-electron chi connectivity index (χ1n) is 5.28. The van der Waals surface area contributed by atoms with Crippen LogP contribution < -0.4 is 0 Å². The van der Waals surface area contributed by atoms with Crippen LogP contribution in [0.15, 0.2) is 0 Å². The molecule has 0 N–H and O–H groups in total. The molecule has 1 aliphatic carbocycles. The third-order valence-electron chi connectivity index (χ3n) is 3.03. The first kappa shape index (κ1) is 13.9. The Kier molecular flexibility index (Phi) is 6.52. The Morgan fingerprint density at radius 1 is 1.29 bits per heavy atom. The first-order valence-corrected chi connectivity index (χ1v) is 8.22. The summed E-state index contributed by atoms with van der Waals surface area (Å²) in [6, 6.07) is 0. The fourth-order valence-electron chi connectivity index (χ4n) is 1.99. The van der Waals surface area contributed by atoms with Crippen LogP contribution in [0.3, 0.4) is 0 Å². The maximum absolute atomic E-state index is 4.73. The van der Waals surface area contributed by atoms with E-state index in [0.717, 1.165) is 5.92 Å². The van der Waals surface area contributed by atoms with Gasteiger partial charge in [0.2, 0.25) is 0 Å². The number of alkyl halides is 1. The summed E-state index contributed by atoms with van der Waals surface area (Å²) in [5.41, 5.74) is 0.545. The third-order valence-corrected chi connectivity index (χ3v) is 7.78. The second-order valence-corrected chi connectivity index (χ2v) is 8.05. The minimum Gasteiger partial charge on any atom is -0.175 e. The SMILES string of the molecule is C[C@H]1CCC[C@H](I)C(S)C(P)C(S)C1. The van der Waals surface area contributed by atoms with Gasteiger partial charge in [0.1, 0.15) is 0 Å². The average Bonchev–Trinajstić information content (AvgIpc) is 2.16. The van der Waals surface area contributed by atoms with Crippen LogP contribution in [0.1, 0.15) is 32.6 Å². The molecule has 1 rings (SSSR count). The molecule has 0 amide bonds. The molecule has 0 radical (unpaired) electrons. The molecule has 0 aromatic heterocycles. The van der Waals surface area contributed by atoms with Crippen LogP contribution in [0.4, 0.5) is 0 Å². The zero-order chi connectivity index (χ0) is 10.7. The summed E-state index contributed by atoms with van der Waals surface area (Å²) < 4.78 is 0.693. The van der Waals surface area contributed by atoms with Gasteiger partial charge in [-0.15, -0.1) is 9.24 Å². The molecule has 1 aliphatic rings. The second-order valence-electron chi connectivity index (χ2n) is 4.42. The van der Waals surface area contributed by atoms with Crippen LogP contribution in [0.5, 0.6) is 0 Å². The van der Waals surface area contributed by atoms with Crippen molar-refractivity contribution in [2.75, 3.05) is 0 Å². The van der Waals surface area contributed by atoms with Crippen LogP contribution in [0, 0.1) is 5.92 Å². The highest BCUT2D eigenvalue weighted by Gasteiger charge is 2.28. The van der Waals surface area contributed by atoms with Gasteiger partial charge in [0.25, 0.3) is 0 Å². The van der Waals surface area contributed by atoms with Gasteiger partial charge < -0.3 is 0 Å². The molecule has 0 aromatic carbocycles. The zero-order valence-corrected chi connectivity index (χ0v) is 13.7. The number of hydrogen-bond donors (Lipinski definition) is 2. The highest BCUT2D eigenvalue weighted by molar-refractivity contribution is 14.1. The van der Waals surface area contributed by atoms with E-state index in [2.05, 4.69) is 38.8 Å². The van der Waals surface area contributed by atoms with Crippen molar-refractivity contribution in [3.63, 3.8) is 0 Å². The highest BCUT2D eigenvalue weighted by Crippen LogP contribution is 2.34. The molecule has 0 aromatic rings. The standard InChI is InChI=1S/C10H20IPS2/c1-6-3-2-4-7(11)10(14)9(12)8(13)5-6/h6-10,13-14H,2-5,12H2,1H3/t6-,7-,8?,9?,10?/m0/s1. The average molecular weight is 362 g/mol. The van der Waals surface area contributed by atoms with E-state index < -0.39 is 0 Å². The fraction of sp³-hybridized carbons (Fsp3) is 1.00. The lowest BCUT2D eigenvalue weighted by Crippen LogP contribution is -2.31. The number of halogens is 1. The number of hydrogen-bond acceptors (Lipinski definition) is 2. The summed E-state index contributed by atoms with van der Waals surface area (Å²) in [7, 11) is 2.95. The predicted octanol–water partition coefficient (Wildman–Crippen LogP) is 3.84. The number of thiol groups is 2. The van der Waals surface area contributed by atoms with Crippen molar-refractivity contribution in [2.24, 2.45) is 5.92 Å². The van der Waals surface area contributed by atoms with Gasteiger partial charge in [0, 0.05) is 14.4 Å².